The molecule has 0 radical (unpaired) electrons. The highest BCUT2D eigenvalue weighted by Crippen LogP contribution is 2.25. The van der Waals surface area contributed by atoms with E-state index in [1.807, 2.05) is 0 Å². The first-order chi connectivity index (χ1) is 10.0. The molecule has 2 aromatic rings. The van der Waals surface area contributed by atoms with Gasteiger partial charge in [0.1, 0.15) is 5.76 Å². The van der Waals surface area contributed by atoms with Crippen LogP contribution < -0.4 is 10.6 Å². The lowest BCUT2D eigenvalue weighted by molar-refractivity contribution is -0.115. The summed E-state index contributed by atoms with van der Waals surface area (Å²) in [6, 6.07) is 8.37. The second kappa shape index (κ2) is 7.26. The van der Waals surface area contributed by atoms with Crippen molar-refractivity contribution >= 4 is 58.2 Å². The zero-order chi connectivity index (χ0) is 15.2. The summed E-state index contributed by atoms with van der Waals surface area (Å²) in [5.74, 6) is 0.193. The summed E-state index contributed by atoms with van der Waals surface area (Å²) >= 11 is 16.8. The van der Waals surface area contributed by atoms with Crippen LogP contribution in [0.25, 0.3) is 6.08 Å². The summed E-state index contributed by atoms with van der Waals surface area (Å²) in [6.45, 7) is 0. The van der Waals surface area contributed by atoms with Gasteiger partial charge in [0.2, 0.25) is 5.91 Å². The fourth-order valence-electron chi connectivity index (χ4n) is 1.44. The van der Waals surface area contributed by atoms with Crippen LogP contribution in [0.3, 0.4) is 0 Å². The molecule has 4 nitrogen and oxygen atoms in total. The van der Waals surface area contributed by atoms with E-state index in [1.165, 1.54) is 18.4 Å². The Labute approximate surface area is 136 Å². The van der Waals surface area contributed by atoms with Crippen LogP contribution in [0.4, 0.5) is 5.69 Å². The normalized spacial score (nSPS) is 10.6. The van der Waals surface area contributed by atoms with E-state index in [1.54, 1.807) is 30.3 Å². The minimum Gasteiger partial charge on any atom is -0.465 e. The molecule has 2 N–H and O–H groups in total. The van der Waals surface area contributed by atoms with Gasteiger partial charge in [0.25, 0.3) is 0 Å². The standard InChI is InChI=1S/C14H10Cl2N2O2S/c15-9-3-5-12(11(16)8-9)17-14(21)18-13(19)6-4-10-2-1-7-20-10/h1-8H,(H2,17,18,19,21). The van der Waals surface area contributed by atoms with Gasteiger partial charge < -0.3 is 9.73 Å². The van der Waals surface area contributed by atoms with Crippen molar-refractivity contribution in [3.05, 3.63) is 58.5 Å². The van der Waals surface area contributed by atoms with Crippen molar-refractivity contribution in [3.8, 4) is 0 Å². The Balaban J connectivity index is 1.90. The molecule has 1 aromatic carbocycles. The Hall–Kier alpha value is -1.82. The van der Waals surface area contributed by atoms with Crippen LogP contribution in [0, 0.1) is 0 Å². The van der Waals surface area contributed by atoms with E-state index in [9.17, 15) is 4.79 Å². The van der Waals surface area contributed by atoms with Crippen molar-refractivity contribution in [2.45, 2.75) is 0 Å². The van der Waals surface area contributed by atoms with Gasteiger partial charge >= 0.3 is 0 Å². The van der Waals surface area contributed by atoms with E-state index in [0.29, 0.717) is 21.5 Å². The van der Waals surface area contributed by atoms with Gasteiger partial charge in [-0.05, 0) is 48.6 Å². The lowest BCUT2D eigenvalue weighted by Gasteiger charge is -2.09. The van der Waals surface area contributed by atoms with Crippen LogP contribution in [0.2, 0.25) is 10.0 Å². The SMILES string of the molecule is O=C(C=Cc1ccco1)NC(=S)Nc1ccc(Cl)cc1Cl. The number of carbonyl (C=O) groups excluding carboxylic acids is 1. The highest BCUT2D eigenvalue weighted by atomic mass is 35.5. The van der Waals surface area contributed by atoms with Crippen molar-refractivity contribution in [2.75, 3.05) is 5.32 Å². The first kappa shape index (κ1) is 15.6. The molecule has 0 spiro atoms. The van der Waals surface area contributed by atoms with Crippen molar-refractivity contribution in [1.82, 2.24) is 5.32 Å². The molecule has 2 rings (SSSR count). The lowest BCUT2D eigenvalue weighted by Crippen LogP contribution is -2.32. The molecule has 1 heterocycles. The predicted octanol–water partition coefficient (Wildman–Crippen LogP) is 4.11. The van der Waals surface area contributed by atoms with Crippen LogP contribution in [-0.2, 0) is 4.79 Å². The Morgan fingerprint density at radius 2 is 2.10 bits per heavy atom. The number of thiocarbonyl (C=S) groups is 1. The van der Waals surface area contributed by atoms with E-state index in [0.717, 1.165) is 0 Å². The number of carbonyl (C=O) groups is 1. The third-order valence-corrected chi connectivity index (χ3v) is 3.11. The van der Waals surface area contributed by atoms with Gasteiger partial charge in [-0.2, -0.15) is 0 Å². The fraction of sp³-hybridized carbons (Fsp3) is 0. The molecule has 0 bridgehead atoms. The maximum Gasteiger partial charge on any atom is 0.250 e. The second-order valence-electron chi connectivity index (χ2n) is 3.92. The minimum absolute atomic E-state index is 0.133. The molecule has 0 aliphatic carbocycles. The summed E-state index contributed by atoms with van der Waals surface area (Å²) in [6.07, 6.45) is 4.37. The smallest absolute Gasteiger partial charge is 0.250 e. The Morgan fingerprint density at radius 3 is 2.76 bits per heavy atom. The molecule has 21 heavy (non-hydrogen) atoms. The van der Waals surface area contributed by atoms with E-state index < -0.39 is 0 Å². The largest absolute Gasteiger partial charge is 0.465 e. The molecule has 0 saturated heterocycles. The Kier molecular flexibility index (Phi) is 5.38. The number of furan rings is 1. The highest BCUT2D eigenvalue weighted by Gasteiger charge is 2.05. The molecule has 108 valence electrons. The first-order valence-corrected chi connectivity index (χ1v) is 6.99. The molecule has 0 atom stereocenters. The number of rotatable bonds is 3. The third-order valence-electron chi connectivity index (χ3n) is 2.36. The van der Waals surface area contributed by atoms with Gasteiger partial charge in [-0.25, -0.2) is 0 Å². The third kappa shape index (κ3) is 4.90. The fourth-order valence-corrected chi connectivity index (χ4v) is 2.11. The average Bonchev–Trinajstić information content (AvgIpc) is 2.93. The maximum absolute atomic E-state index is 11.7. The van der Waals surface area contributed by atoms with Gasteiger partial charge in [-0.3, -0.25) is 10.1 Å². The number of nitrogens with one attached hydrogen (secondary N) is 2. The summed E-state index contributed by atoms with van der Waals surface area (Å²) in [7, 11) is 0. The monoisotopic (exact) mass is 340 g/mol. The summed E-state index contributed by atoms with van der Waals surface area (Å²) in [5.41, 5.74) is 0.557. The van der Waals surface area contributed by atoms with E-state index >= 15 is 0 Å². The van der Waals surface area contributed by atoms with E-state index in [4.69, 9.17) is 39.8 Å². The Bertz CT molecular complexity index is 684. The molecule has 0 aliphatic heterocycles. The number of hydrogen-bond acceptors (Lipinski definition) is 3. The second-order valence-corrected chi connectivity index (χ2v) is 5.17. The molecule has 7 heteroatoms. The molecule has 0 fully saturated rings. The number of amides is 1. The van der Waals surface area contributed by atoms with Crippen LogP contribution in [-0.4, -0.2) is 11.0 Å². The number of anilines is 1. The van der Waals surface area contributed by atoms with Crippen molar-refractivity contribution in [1.29, 1.82) is 0 Å². The van der Waals surface area contributed by atoms with Crippen LogP contribution in [0.5, 0.6) is 0 Å². The molecular formula is C14H10Cl2N2O2S. The topological polar surface area (TPSA) is 54.3 Å². The molecule has 0 unspecified atom stereocenters. The van der Waals surface area contributed by atoms with E-state index in [2.05, 4.69) is 10.6 Å². The van der Waals surface area contributed by atoms with E-state index in [-0.39, 0.29) is 11.0 Å². The van der Waals surface area contributed by atoms with Crippen LogP contribution >= 0.6 is 35.4 Å². The van der Waals surface area contributed by atoms with Crippen LogP contribution in [0.15, 0.2) is 47.1 Å². The minimum atomic E-state index is -0.381. The number of halogens is 2. The van der Waals surface area contributed by atoms with Crippen molar-refractivity contribution in [2.24, 2.45) is 0 Å². The van der Waals surface area contributed by atoms with Gasteiger partial charge in [-0.1, -0.05) is 23.2 Å². The van der Waals surface area contributed by atoms with Crippen molar-refractivity contribution in [3.63, 3.8) is 0 Å². The number of benzene rings is 1. The molecule has 1 amide bonds. The summed E-state index contributed by atoms with van der Waals surface area (Å²) in [4.78, 5) is 11.7. The van der Waals surface area contributed by atoms with Crippen molar-refractivity contribution < 1.29 is 9.21 Å². The quantitative estimate of drug-likeness (QED) is 0.652. The van der Waals surface area contributed by atoms with Gasteiger partial charge in [-0.15, -0.1) is 0 Å². The predicted molar refractivity (Wildman–Crippen MR) is 88.6 cm³/mol. The lowest BCUT2D eigenvalue weighted by atomic mass is 10.3. The van der Waals surface area contributed by atoms with Gasteiger partial charge in [0.15, 0.2) is 5.11 Å². The number of hydrogen-bond donors (Lipinski definition) is 2. The molecule has 1 aromatic heterocycles. The zero-order valence-electron chi connectivity index (χ0n) is 10.6. The summed E-state index contributed by atoms with van der Waals surface area (Å²) < 4.78 is 5.07. The molecule has 0 aliphatic rings. The van der Waals surface area contributed by atoms with Gasteiger partial charge in [0.05, 0.1) is 17.0 Å². The first-order valence-electron chi connectivity index (χ1n) is 5.83. The average molecular weight is 341 g/mol. The van der Waals surface area contributed by atoms with Gasteiger partial charge in [0, 0.05) is 11.1 Å². The highest BCUT2D eigenvalue weighted by molar-refractivity contribution is 7.80. The Morgan fingerprint density at radius 1 is 1.29 bits per heavy atom. The molecular weight excluding hydrogens is 331 g/mol. The van der Waals surface area contributed by atoms with Crippen LogP contribution in [0.1, 0.15) is 5.76 Å². The summed E-state index contributed by atoms with van der Waals surface area (Å²) in [5, 5.41) is 6.36. The maximum atomic E-state index is 11.7. The molecule has 0 saturated carbocycles. The zero-order valence-corrected chi connectivity index (χ0v) is 12.9.